The predicted octanol–water partition coefficient (Wildman–Crippen LogP) is 3.31. The Labute approximate surface area is 128 Å². The maximum atomic E-state index is 6.03. The number of fused-ring (bicyclic) bond motifs is 1. The molecule has 1 atom stereocenters. The molecule has 0 N–H and O–H groups in total. The van der Waals surface area contributed by atoms with Gasteiger partial charge >= 0.3 is 0 Å². The molecule has 108 valence electrons. The van der Waals surface area contributed by atoms with Gasteiger partial charge in [0.2, 0.25) is 0 Å². The van der Waals surface area contributed by atoms with E-state index in [1.54, 1.807) is 6.20 Å². The molecule has 2 aromatic heterocycles. The molecule has 1 aliphatic heterocycles. The average molecular weight is 313 g/mol. The van der Waals surface area contributed by atoms with Gasteiger partial charge in [0.15, 0.2) is 5.65 Å². The molecule has 1 saturated heterocycles. The van der Waals surface area contributed by atoms with Crippen LogP contribution in [0, 0.1) is 0 Å². The van der Waals surface area contributed by atoms with E-state index in [1.165, 1.54) is 25.9 Å². The summed E-state index contributed by atoms with van der Waals surface area (Å²) in [6, 6.07) is 2.31. The lowest BCUT2D eigenvalue weighted by atomic mass is 10.3. The minimum Gasteiger partial charge on any atom is -0.310 e. The number of likely N-dealkylation sites (tertiary alicyclic amines) is 1. The number of pyridine rings is 1. The van der Waals surface area contributed by atoms with Crippen molar-refractivity contribution in [1.82, 2.24) is 19.4 Å². The lowest BCUT2D eigenvalue weighted by Gasteiger charge is -2.24. The minimum atomic E-state index is 0.390. The van der Waals surface area contributed by atoms with E-state index in [2.05, 4.69) is 26.4 Å². The highest BCUT2D eigenvalue weighted by Gasteiger charge is 2.21. The van der Waals surface area contributed by atoms with Crippen LogP contribution in [-0.2, 0) is 12.4 Å². The molecule has 3 rings (SSSR count). The molecule has 6 heteroatoms. The van der Waals surface area contributed by atoms with E-state index in [0.717, 1.165) is 23.5 Å². The Kier molecular flexibility index (Phi) is 4.15. The summed E-state index contributed by atoms with van der Waals surface area (Å²) in [6.07, 6.45) is 4.26. The maximum absolute atomic E-state index is 6.03. The van der Waals surface area contributed by atoms with E-state index < -0.39 is 0 Å². The fourth-order valence-electron chi connectivity index (χ4n) is 2.89. The zero-order chi connectivity index (χ0) is 14.1. The van der Waals surface area contributed by atoms with Gasteiger partial charge < -0.3 is 4.57 Å². The predicted molar refractivity (Wildman–Crippen MR) is 82.4 cm³/mol. The Hall–Kier alpha value is -0.840. The Morgan fingerprint density at radius 3 is 2.80 bits per heavy atom. The Balaban J connectivity index is 1.92. The number of aromatic nitrogens is 3. The number of rotatable bonds is 4. The molecule has 0 amide bonds. The van der Waals surface area contributed by atoms with Crippen LogP contribution in [-0.4, -0.2) is 38.6 Å². The van der Waals surface area contributed by atoms with Gasteiger partial charge in [-0.15, -0.1) is 11.6 Å². The summed E-state index contributed by atoms with van der Waals surface area (Å²) in [4.78, 5) is 11.5. The third-order valence-corrected chi connectivity index (χ3v) is 4.41. The molecule has 0 bridgehead atoms. The van der Waals surface area contributed by atoms with E-state index in [4.69, 9.17) is 23.2 Å². The topological polar surface area (TPSA) is 34.0 Å². The smallest absolute Gasteiger partial charge is 0.160 e. The first kappa shape index (κ1) is 14.1. The normalized spacial score (nSPS) is 17.9. The summed E-state index contributed by atoms with van der Waals surface area (Å²) in [5.74, 6) is 1.25. The van der Waals surface area contributed by atoms with Gasteiger partial charge in [-0.2, -0.15) is 0 Å². The van der Waals surface area contributed by atoms with Gasteiger partial charge in [0.05, 0.1) is 10.9 Å². The standard InChI is InChI=1S/C14H18Cl2N4/c1-10(19-4-2-3-5-19)9-20-13(7-15)18-12-6-11(16)8-17-14(12)20/h6,8,10H,2-5,7,9H2,1H3. The molecule has 1 aliphatic rings. The highest BCUT2D eigenvalue weighted by Crippen LogP contribution is 2.21. The van der Waals surface area contributed by atoms with Crippen LogP contribution < -0.4 is 0 Å². The highest BCUT2D eigenvalue weighted by molar-refractivity contribution is 6.31. The van der Waals surface area contributed by atoms with Crippen LogP contribution >= 0.6 is 23.2 Å². The molecule has 1 fully saturated rings. The number of hydrogen-bond donors (Lipinski definition) is 0. The fraction of sp³-hybridized carbons (Fsp3) is 0.571. The molecule has 0 saturated carbocycles. The first-order chi connectivity index (χ1) is 9.69. The molecular formula is C14H18Cl2N4. The van der Waals surface area contributed by atoms with Gasteiger partial charge in [-0.25, -0.2) is 9.97 Å². The first-order valence-electron chi connectivity index (χ1n) is 6.99. The van der Waals surface area contributed by atoms with Crippen molar-refractivity contribution in [2.45, 2.75) is 38.2 Å². The van der Waals surface area contributed by atoms with Crippen molar-refractivity contribution in [2.75, 3.05) is 13.1 Å². The molecule has 20 heavy (non-hydrogen) atoms. The van der Waals surface area contributed by atoms with Crippen molar-refractivity contribution in [3.05, 3.63) is 23.1 Å². The van der Waals surface area contributed by atoms with E-state index in [9.17, 15) is 0 Å². The van der Waals surface area contributed by atoms with Gasteiger partial charge in [0.1, 0.15) is 11.3 Å². The molecule has 1 unspecified atom stereocenters. The van der Waals surface area contributed by atoms with E-state index >= 15 is 0 Å². The molecule has 4 nitrogen and oxygen atoms in total. The fourth-order valence-corrected chi connectivity index (χ4v) is 3.25. The Bertz CT molecular complexity index is 604. The zero-order valence-electron chi connectivity index (χ0n) is 11.5. The van der Waals surface area contributed by atoms with Crippen LogP contribution in [0.4, 0.5) is 0 Å². The monoisotopic (exact) mass is 312 g/mol. The third kappa shape index (κ3) is 2.65. The first-order valence-corrected chi connectivity index (χ1v) is 7.91. The molecular weight excluding hydrogens is 295 g/mol. The molecule has 0 radical (unpaired) electrons. The van der Waals surface area contributed by atoms with Gasteiger partial charge in [0, 0.05) is 18.8 Å². The minimum absolute atomic E-state index is 0.390. The van der Waals surface area contributed by atoms with Crippen molar-refractivity contribution in [3.63, 3.8) is 0 Å². The summed E-state index contributed by atoms with van der Waals surface area (Å²) in [6.45, 7) is 5.49. The van der Waals surface area contributed by atoms with Crippen molar-refractivity contribution in [2.24, 2.45) is 0 Å². The number of hydrogen-bond acceptors (Lipinski definition) is 3. The number of nitrogens with zero attached hydrogens (tertiary/aromatic N) is 4. The highest BCUT2D eigenvalue weighted by atomic mass is 35.5. The summed E-state index contributed by atoms with van der Waals surface area (Å²) >= 11 is 12.0. The number of imidazole rings is 1. The van der Waals surface area contributed by atoms with E-state index in [1.807, 2.05) is 6.07 Å². The van der Waals surface area contributed by atoms with E-state index in [0.29, 0.717) is 16.9 Å². The summed E-state index contributed by atoms with van der Waals surface area (Å²) < 4.78 is 2.13. The second kappa shape index (κ2) is 5.88. The van der Waals surface area contributed by atoms with Crippen LogP contribution in [0.3, 0.4) is 0 Å². The second-order valence-electron chi connectivity index (χ2n) is 5.36. The second-order valence-corrected chi connectivity index (χ2v) is 6.06. The number of alkyl halides is 1. The van der Waals surface area contributed by atoms with Crippen LogP contribution in [0.1, 0.15) is 25.6 Å². The summed E-state index contributed by atoms with van der Waals surface area (Å²) in [7, 11) is 0. The van der Waals surface area contributed by atoms with Crippen LogP contribution in [0.2, 0.25) is 5.02 Å². The third-order valence-electron chi connectivity index (χ3n) is 3.96. The molecule has 0 aliphatic carbocycles. The van der Waals surface area contributed by atoms with Crippen LogP contribution in [0.25, 0.3) is 11.2 Å². The van der Waals surface area contributed by atoms with Crippen LogP contribution in [0.5, 0.6) is 0 Å². The van der Waals surface area contributed by atoms with Gasteiger partial charge in [-0.05, 0) is 38.9 Å². The molecule has 3 heterocycles. The summed E-state index contributed by atoms with van der Waals surface area (Å²) in [5.41, 5.74) is 1.69. The van der Waals surface area contributed by atoms with Crippen molar-refractivity contribution in [3.8, 4) is 0 Å². The maximum Gasteiger partial charge on any atom is 0.160 e. The lowest BCUT2D eigenvalue weighted by molar-refractivity contribution is 0.236. The van der Waals surface area contributed by atoms with Crippen molar-refractivity contribution >= 4 is 34.4 Å². The molecule has 0 aromatic carbocycles. The SMILES string of the molecule is CC(Cn1c(CCl)nc2cc(Cl)cnc21)N1CCCC1. The quantitative estimate of drug-likeness (QED) is 0.812. The Morgan fingerprint density at radius 1 is 1.35 bits per heavy atom. The van der Waals surface area contributed by atoms with Crippen molar-refractivity contribution in [1.29, 1.82) is 0 Å². The lowest BCUT2D eigenvalue weighted by Crippen LogP contribution is -2.34. The van der Waals surface area contributed by atoms with Gasteiger partial charge in [-0.1, -0.05) is 11.6 Å². The number of halogens is 2. The van der Waals surface area contributed by atoms with Gasteiger partial charge in [0.25, 0.3) is 0 Å². The van der Waals surface area contributed by atoms with Crippen LogP contribution in [0.15, 0.2) is 12.3 Å². The average Bonchev–Trinajstić information content (AvgIpc) is 3.06. The van der Waals surface area contributed by atoms with Gasteiger partial charge in [-0.3, -0.25) is 4.90 Å². The van der Waals surface area contributed by atoms with Crippen molar-refractivity contribution < 1.29 is 0 Å². The Morgan fingerprint density at radius 2 is 2.10 bits per heavy atom. The summed E-state index contributed by atoms with van der Waals surface area (Å²) in [5, 5.41) is 0.607. The molecule has 2 aromatic rings. The molecule has 0 spiro atoms. The van der Waals surface area contributed by atoms with E-state index in [-0.39, 0.29) is 0 Å². The largest absolute Gasteiger partial charge is 0.310 e. The zero-order valence-corrected chi connectivity index (χ0v) is 13.0.